The van der Waals surface area contributed by atoms with E-state index in [-0.39, 0.29) is 31.2 Å². The van der Waals surface area contributed by atoms with E-state index in [0.717, 1.165) is 12.1 Å². The number of rotatable bonds is 6. The van der Waals surface area contributed by atoms with E-state index in [9.17, 15) is 18.0 Å². The van der Waals surface area contributed by atoms with Gasteiger partial charge in [-0.15, -0.1) is 0 Å². The minimum absolute atomic E-state index is 0.108. The second-order valence-electron chi connectivity index (χ2n) is 4.67. The fourth-order valence-electron chi connectivity index (χ4n) is 1.85. The van der Waals surface area contributed by atoms with Crippen molar-refractivity contribution in [3.8, 4) is 0 Å². The summed E-state index contributed by atoms with van der Waals surface area (Å²) in [5.74, 6) is -2.51. The first-order chi connectivity index (χ1) is 10.6. The molecule has 0 atom stereocenters. The summed E-state index contributed by atoms with van der Waals surface area (Å²) >= 11 is 0. The zero-order valence-corrected chi connectivity index (χ0v) is 11.7. The molecular weight excluding hydrogens is 293 g/mol. The molecule has 0 aliphatic rings. The minimum atomic E-state index is -0.950. The molecule has 0 aromatic heterocycles. The maximum Gasteiger partial charge on any atom is 0.222 e. The number of anilines is 1. The average Bonchev–Trinajstić information content (AvgIpc) is 2.50. The number of benzene rings is 2. The predicted molar refractivity (Wildman–Crippen MR) is 77.7 cm³/mol. The molecule has 2 aromatic carbocycles. The van der Waals surface area contributed by atoms with Gasteiger partial charge >= 0.3 is 0 Å². The van der Waals surface area contributed by atoms with Crippen LogP contribution >= 0.6 is 0 Å². The number of carbonyl (C=O) groups is 1. The Kier molecular flexibility index (Phi) is 5.41. The standard InChI is InChI=1S/C16H15F3N2O/c17-13-4-2-1-3-11(13)10-21-16(22)7-8-20-12-5-6-14(18)15(19)9-12/h1-6,9,20H,7-8,10H2,(H,21,22). The van der Waals surface area contributed by atoms with Crippen LogP contribution in [0.4, 0.5) is 18.9 Å². The zero-order valence-electron chi connectivity index (χ0n) is 11.7. The third kappa shape index (κ3) is 4.51. The fraction of sp³-hybridized carbons (Fsp3) is 0.188. The Balaban J connectivity index is 1.74. The summed E-state index contributed by atoms with van der Waals surface area (Å²) in [4.78, 5) is 11.6. The fourth-order valence-corrected chi connectivity index (χ4v) is 1.85. The van der Waals surface area contributed by atoms with Crippen LogP contribution < -0.4 is 10.6 Å². The van der Waals surface area contributed by atoms with Crippen molar-refractivity contribution < 1.29 is 18.0 Å². The molecule has 0 aliphatic carbocycles. The lowest BCUT2D eigenvalue weighted by Crippen LogP contribution is -2.25. The molecule has 0 heterocycles. The zero-order chi connectivity index (χ0) is 15.9. The summed E-state index contributed by atoms with van der Waals surface area (Å²) in [5, 5.41) is 5.41. The van der Waals surface area contributed by atoms with Crippen LogP contribution in [0.25, 0.3) is 0 Å². The van der Waals surface area contributed by atoms with Gasteiger partial charge in [-0.2, -0.15) is 0 Å². The molecule has 3 nitrogen and oxygen atoms in total. The minimum Gasteiger partial charge on any atom is -0.384 e. The van der Waals surface area contributed by atoms with E-state index >= 15 is 0 Å². The van der Waals surface area contributed by atoms with E-state index in [4.69, 9.17) is 0 Å². The SMILES string of the molecule is O=C(CCNc1ccc(F)c(F)c1)NCc1ccccc1F. The average molecular weight is 308 g/mol. The van der Waals surface area contributed by atoms with Gasteiger partial charge in [-0.05, 0) is 24.3 Å². The van der Waals surface area contributed by atoms with Crippen LogP contribution in [0.15, 0.2) is 42.5 Å². The molecule has 22 heavy (non-hydrogen) atoms. The van der Waals surface area contributed by atoms with Crippen molar-refractivity contribution in [3.05, 3.63) is 65.5 Å². The molecule has 2 aromatic rings. The predicted octanol–water partition coefficient (Wildman–Crippen LogP) is 3.22. The first-order valence-electron chi connectivity index (χ1n) is 6.75. The highest BCUT2D eigenvalue weighted by Gasteiger charge is 2.05. The van der Waals surface area contributed by atoms with Gasteiger partial charge < -0.3 is 10.6 Å². The number of nitrogens with one attached hydrogen (secondary N) is 2. The third-order valence-electron chi connectivity index (χ3n) is 3.03. The molecule has 0 bridgehead atoms. The van der Waals surface area contributed by atoms with Gasteiger partial charge in [0.05, 0.1) is 0 Å². The van der Waals surface area contributed by atoms with Gasteiger partial charge in [0, 0.05) is 30.8 Å². The quantitative estimate of drug-likeness (QED) is 0.860. The van der Waals surface area contributed by atoms with Crippen molar-refractivity contribution in [2.45, 2.75) is 13.0 Å². The Morgan fingerprint density at radius 2 is 1.73 bits per heavy atom. The van der Waals surface area contributed by atoms with E-state index in [1.165, 1.54) is 12.1 Å². The van der Waals surface area contributed by atoms with Crippen LogP contribution in [-0.2, 0) is 11.3 Å². The van der Waals surface area contributed by atoms with Crippen molar-refractivity contribution in [3.63, 3.8) is 0 Å². The highest BCUT2D eigenvalue weighted by atomic mass is 19.2. The van der Waals surface area contributed by atoms with Crippen molar-refractivity contribution in [1.82, 2.24) is 5.32 Å². The molecular formula is C16H15F3N2O. The lowest BCUT2D eigenvalue weighted by molar-refractivity contribution is -0.121. The van der Waals surface area contributed by atoms with Gasteiger partial charge in [-0.3, -0.25) is 4.79 Å². The van der Waals surface area contributed by atoms with E-state index in [1.807, 2.05) is 0 Å². The summed E-state index contributed by atoms with van der Waals surface area (Å²) < 4.78 is 39.1. The highest BCUT2D eigenvalue weighted by molar-refractivity contribution is 5.76. The summed E-state index contributed by atoms with van der Waals surface area (Å²) in [6.45, 7) is 0.366. The molecule has 0 fully saturated rings. The Morgan fingerprint density at radius 1 is 0.955 bits per heavy atom. The summed E-state index contributed by atoms with van der Waals surface area (Å²) in [7, 11) is 0. The monoisotopic (exact) mass is 308 g/mol. The van der Waals surface area contributed by atoms with Crippen LogP contribution in [0.2, 0.25) is 0 Å². The molecule has 0 unspecified atom stereocenters. The number of hydrogen-bond acceptors (Lipinski definition) is 2. The maximum atomic E-state index is 13.4. The molecule has 0 spiro atoms. The van der Waals surface area contributed by atoms with Crippen molar-refractivity contribution >= 4 is 11.6 Å². The van der Waals surface area contributed by atoms with Gasteiger partial charge in [-0.1, -0.05) is 18.2 Å². The Bertz CT molecular complexity index is 662. The first-order valence-corrected chi connectivity index (χ1v) is 6.75. The van der Waals surface area contributed by atoms with Crippen LogP contribution in [0, 0.1) is 17.5 Å². The number of halogens is 3. The van der Waals surface area contributed by atoms with Gasteiger partial charge in [0.1, 0.15) is 5.82 Å². The lowest BCUT2D eigenvalue weighted by atomic mass is 10.2. The summed E-state index contributed by atoms with van der Waals surface area (Å²) in [5.41, 5.74) is 0.796. The van der Waals surface area contributed by atoms with Gasteiger partial charge in [0.15, 0.2) is 11.6 Å². The maximum absolute atomic E-state index is 13.4. The molecule has 2 rings (SSSR count). The van der Waals surface area contributed by atoms with E-state index < -0.39 is 11.6 Å². The van der Waals surface area contributed by atoms with Crippen LogP contribution in [0.1, 0.15) is 12.0 Å². The highest BCUT2D eigenvalue weighted by Crippen LogP contribution is 2.12. The van der Waals surface area contributed by atoms with Gasteiger partial charge in [-0.25, -0.2) is 13.2 Å². The summed E-state index contributed by atoms with van der Waals surface area (Å²) in [6.07, 6.45) is 0.132. The topological polar surface area (TPSA) is 41.1 Å². The van der Waals surface area contributed by atoms with E-state index in [1.54, 1.807) is 18.2 Å². The Morgan fingerprint density at radius 3 is 2.45 bits per heavy atom. The Labute approximate surface area is 126 Å². The lowest BCUT2D eigenvalue weighted by Gasteiger charge is -2.08. The molecule has 0 aliphatic heterocycles. The van der Waals surface area contributed by atoms with Crippen molar-refractivity contribution in [1.29, 1.82) is 0 Å². The largest absolute Gasteiger partial charge is 0.384 e. The molecule has 6 heteroatoms. The number of carbonyl (C=O) groups excluding carboxylic acids is 1. The number of hydrogen-bond donors (Lipinski definition) is 2. The second-order valence-corrected chi connectivity index (χ2v) is 4.67. The van der Waals surface area contributed by atoms with Gasteiger partial charge in [0.25, 0.3) is 0 Å². The molecule has 0 radical (unpaired) electrons. The van der Waals surface area contributed by atoms with E-state index in [2.05, 4.69) is 10.6 Å². The van der Waals surface area contributed by atoms with Crippen LogP contribution in [0.5, 0.6) is 0 Å². The third-order valence-corrected chi connectivity index (χ3v) is 3.03. The second kappa shape index (κ2) is 7.49. The van der Waals surface area contributed by atoms with E-state index in [0.29, 0.717) is 11.3 Å². The molecule has 1 amide bonds. The van der Waals surface area contributed by atoms with Crippen molar-refractivity contribution in [2.24, 2.45) is 0 Å². The first kappa shape index (κ1) is 15.9. The normalized spacial score (nSPS) is 10.3. The number of amides is 1. The molecule has 0 saturated heterocycles. The van der Waals surface area contributed by atoms with Crippen LogP contribution in [0.3, 0.4) is 0 Å². The molecule has 116 valence electrons. The molecule has 2 N–H and O–H groups in total. The smallest absolute Gasteiger partial charge is 0.222 e. The molecule has 0 saturated carbocycles. The van der Waals surface area contributed by atoms with Gasteiger partial charge in [0.2, 0.25) is 5.91 Å². The van der Waals surface area contributed by atoms with Crippen LogP contribution in [-0.4, -0.2) is 12.5 Å². The Hall–Kier alpha value is -2.50. The summed E-state index contributed by atoms with van der Waals surface area (Å²) in [6, 6.07) is 9.60. The van der Waals surface area contributed by atoms with Crippen molar-refractivity contribution in [2.75, 3.05) is 11.9 Å².